The lowest BCUT2D eigenvalue weighted by Gasteiger charge is -2.27. The van der Waals surface area contributed by atoms with Gasteiger partial charge in [-0.25, -0.2) is 0 Å². The Bertz CT molecular complexity index is 637. The van der Waals surface area contributed by atoms with Crippen molar-refractivity contribution >= 4 is 27.3 Å². The zero-order chi connectivity index (χ0) is 15.6. The van der Waals surface area contributed by atoms with Gasteiger partial charge in [0.1, 0.15) is 0 Å². The molecule has 0 aliphatic rings. The molecular weight excluding hydrogens is 324 g/mol. The molecule has 0 heterocycles. The maximum atomic E-state index is 3.58. The molecule has 21 heavy (non-hydrogen) atoms. The molecule has 2 rings (SSSR count). The molecule has 2 aromatic rings. The van der Waals surface area contributed by atoms with Crippen molar-refractivity contribution in [3.05, 3.63) is 57.6 Å². The van der Waals surface area contributed by atoms with E-state index in [0.717, 1.165) is 4.47 Å². The summed E-state index contributed by atoms with van der Waals surface area (Å²) < 4.78 is 1.11. The van der Waals surface area contributed by atoms with Crippen LogP contribution in [0, 0.1) is 13.8 Å². The zero-order valence-corrected chi connectivity index (χ0v) is 15.0. The molecule has 0 aliphatic carbocycles. The molecule has 2 aromatic carbocycles. The van der Waals surface area contributed by atoms with E-state index in [9.17, 15) is 0 Å². The van der Waals surface area contributed by atoms with Crippen molar-refractivity contribution in [3.8, 4) is 0 Å². The van der Waals surface area contributed by atoms with E-state index in [1.165, 1.54) is 28.1 Å². The fourth-order valence-electron chi connectivity index (χ4n) is 2.64. The quantitative estimate of drug-likeness (QED) is 0.826. The minimum absolute atomic E-state index is 0.297. The molecule has 0 saturated heterocycles. The van der Waals surface area contributed by atoms with Crippen LogP contribution in [0.4, 0.5) is 11.4 Å². The van der Waals surface area contributed by atoms with Gasteiger partial charge in [-0.3, -0.25) is 0 Å². The van der Waals surface area contributed by atoms with Crippen molar-refractivity contribution in [1.29, 1.82) is 0 Å². The fourth-order valence-corrected chi connectivity index (χ4v) is 3.02. The molecule has 112 valence electrons. The first-order valence-electron chi connectivity index (χ1n) is 7.21. The van der Waals surface area contributed by atoms with Crippen molar-refractivity contribution in [2.45, 2.75) is 26.8 Å². The topological polar surface area (TPSA) is 15.3 Å². The van der Waals surface area contributed by atoms with Gasteiger partial charge in [-0.05, 0) is 63.2 Å². The minimum atomic E-state index is 0.297. The molecule has 2 nitrogen and oxygen atoms in total. The van der Waals surface area contributed by atoms with E-state index in [0.29, 0.717) is 6.04 Å². The van der Waals surface area contributed by atoms with Gasteiger partial charge in [0.2, 0.25) is 0 Å². The first-order valence-corrected chi connectivity index (χ1v) is 8.01. The predicted molar refractivity (Wildman–Crippen MR) is 95.6 cm³/mol. The largest absolute Gasteiger partial charge is 0.344 e. The summed E-state index contributed by atoms with van der Waals surface area (Å²) >= 11 is 3.58. The SMILES string of the molecule is CNC(C)c1cc(Br)ccc1N(C)c1ccc(C)cc1C. The van der Waals surface area contributed by atoms with Gasteiger partial charge in [0.25, 0.3) is 0 Å². The van der Waals surface area contributed by atoms with E-state index < -0.39 is 0 Å². The van der Waals surface area contributed by atoms with Crippen LogP contribution >= 0.6 is 15.9 Å². The third kappa shape index (κ3) is 3.47. The third-order valence-electron chi connectivity index (χ3n) is 3.96. The normalized spacial score (nSPS) is 12.3. The van der Waals surface area contributed by atoms with Crippen molar-refractivity contribution in [1.82, 2.24) is 5.32 Å². The molecule has 0 bridgehead atoms. The Balaban J connectivity index is 2.50. The summed E-state index contributed by atoms with van der Waals surface area (Å²) in [6.45, 7) is 6.48. The van der Waals surface area contributed by atoms with E-state index in [2.05, 4.69) is 90.4 Å². The van der Waals surface area contributed by atoms with Crippen LogP contribution in [0.25, 0.3) is 0 Å². The molecule has 1 N–H and O–H groups in total. The number of halogens is 1. The second kappa shape index (κ2) is 6.63. The van der Waals surface area contributed by atoms with Gasteiger partial charge in [0.05, 0.1) is 0 Å². The highest BCUT2D eigenvalue weighted by molar-refractivity contribution is 9.10. The minimum Gasteiger partial charge on any atom is -0.344 e. The molecule has 0 saturated carbocycles. The standard InChI is InChI=1S/C18H23BrN2/c1-12-6-8-17(13(2)10-12)21(5)18-9-7-15(19)11-16(18)14(3)20-4/h6-11,14,20H,1-5H3. The fraction of sp³-hybridized carbons (Fsp3) is 0.333. The molecule has 0 radical (unpaired) electrons. The van der Waals surface area contributed by atoms with E-state index in [1.54, 1.807) is 0 Å². The van der Waals surface area contributed by atoms with E-state index in [-0.39, 0.29) is 0 Å². The van der Waals surface area contributed by atoms with Gasteiger partial charge in [-0.2, -0.15) is 0 Å². The highest BCUT2D eigenvalue weighted by Gasteiger charge is 2.15. The first kappa shape index (κ1) is 16.1. The van der Waals surface area contributed by atoms with Gasteiger partial charge in [-0.1, -0.05) is 33.6 Å². The maximum absolute atomic E-state index is 3.58. The summed E-state index contributed by atoms with van der Waals surface area (Å²) in [5.74, 6) is 0. The lowest BCUT2D eigenvalue weighted by molar-refractivity contribution is 0.652. The summed E-state index contributed by atoms with van der Waals surface area (Å²) in [6, 6.07) is 13.3. The van der Waals surface area contributed by atoms with Crippen molar-refractivity contribution in [2.75, 3.05) is 19.0 Å². The second-order valence-electron chi connectivity index (χ2n) is 5.56. The average Bonchev–Trinajstić information content (AvgIpc) is 2.45. The van der Waals surface area contributed by atoms with Crippen molar-refractivity contribution in [2.24, 2.45) is 0 Å². The number of benzene rings is 2. The summed E-state index contributed by atoms with van der Waals surface area (Å²) in [7, 11) is 4.12. The molecule has 0 aromatic heterocycles. The highest BCUT2D eigenvalue weighted by Crippen LogP contribution is 2.34. The Kier molecular flexibility index (Phi) is 5.07. The molecule has 1 unspecified atom stereocenters. The van der Waals surface area contributed by atoms with Crippen molar-refractivity contribution in [3.63, 3.8) is 0 Å². The van der Waals surface area contributed by atoms with E-state index >= 15 is 0 Å². The van der Waals surface area contributed by atoms with Gasteiger partial charge >= 0.3 is 0 Å². The van der Waals surface area contributed by atoms with Gasteiger partial charge < -0.3 is 10.2 Å². The number of aryl methyl sites for hydroxylation is 2. The lowest BCUT2D eigenvalue weighted by atomic mass is 10.0. The number of hydrogen-bond donors (Lipinski definition) is 1. The third-order valence-corrected chi connectivity index (χ3v) is 4.46. The molecular formula is C18H23BrN2. The lowest BCUT2D eigenvalue weighted by Crippen LogP contribution is -2.18. The maximum Gasteiger partial charge on any atom is 0.0457 e. The van der Waals surface area contributed by atoms with Crippen LogP contribution in [-0.4, -0.2) is 14.1 Å². The average molecular weight is 347 g/mol. The Morgan fingerprint density at radius 3 is 2.33 bits per heavy atom. The number of anilines is 2. The van der Waals surface area contributed by atoms with Crippen LogP contribution < -0.4 is 10.2 Å². The number of hydrogen-bond acceptors (Lipinski definition) is 2. The zero-order valence-electron chi connectivity index (χ0n) is 13.4. The Morgan fingerprint density at radius 2 is 1.71 bits per heavy atom. The predicted octanol–water partition coefficient (Wildman–Crippen LogP) is 5.11. The number of rotatable bonds is 4. The van der Waals surface area contributed by atoms with E-state index in [4.69, 9.17) is 0 Å². The molecule has 1 atom stereocenters. The molecule has 0 spiro atoms. The van der Waals surface area contributed by atoms with Crippen LogP contribution in [0.15, 0.2) is 40.9 Å². The van der Waals surface area contributed by atoms with Crippen LogP contribution in [0.5, 0.6) is 0 Å². The summed E-state index contributed by atoms with van der Waals surface area (Å²) in [6.07, 6.45) is 0. The van der Waals surface area contributed by atoms with Crippen LogP contribution in [0.2, 0.25) is 0 Å². The van der Waals surface area contributed by atoms with Crippen LogP contribution in [-0.2, 0) is 0 Å². The second-order valence-corrected chi connectivity index (χ2v) is 6.48. The summed E-state index contributed by atoms with van der Waals surface area (Å²) in [5.41, 5.74) is 6.35. The monoisotopic (exact) mass is 346 g/mol. The number of nitrogens with zero attached hydrogens (tertiary/aromatic N) is 1. The van der Waals surface area contributed by atoms with Crippen LogP contribution in [0.1, 0.15) is 29.7 Å². The molecule has 0 aliphatic heterocycles. The smallest absolute Gasteiger partial charge is 0.0457 e. The molecule has 3 heteroatoms. The first-order chi connectivity index (χ1) is 9.93. The Labute approximate surface area is 136 Å². The molecule has 0 amide bonds. The highest BCUT2D eigenvalue weighted by atomic mass is 79.9. The molecule has 0 fully saturated rings. The van der Waals surface area contributed by atoms with E-state index in [1.807, 2.05) is 7.05 Å². The van der Waals surface area contributed by atoms with Gasteiger partial charge in [0.15, 0.2) is 0 Å². The summed E-state index contributed by atoms with van der Waals surface area (Å²) in [4.78, 5) is 2.27. The Morgan fingerprint density at radius 1 is 1.05 bits per heavy atom. The Hall–Kier alpha value is -1.32. The van der Waals surface area contributed by atoms with Gasteiger partial charge in [0, 0.05) is 28.9 Å². The van der Waals surface area contributed by atoms with Crippen molar-refractivity contribution < 1.29 is 0 Å². The van der Waals surface area contributed by atoms with Crippen LogP contribution in [0.3, 0.4) is 0 Å². The number of nitrogens with one attached hydrogen (secondary N) is 1. The summed E-state index contributed by atoms with van der Waals surface area (Å²) in [5, 5.41) is 3.33. The van der Waals surface area contributed by atoms with Gasteiger partial charge in [-0.15, -0.1) is 0 Å².